The topological polar surface area (TPSA) is 66.3 Å². The number of benzene rings is 2. The van der Waals surface area contributed by atoms with Gasteiger partial charge in [-0.05, 0) is 68.4 Å². The molecule has 2 heterocycles. The molecular weight excluding hydrogens is 395 g/mol. The van der Waals surface area contributed by atoms with Gasteiger partial charge < -0.3 is 15.1 Å². The first-order chi connectivity index (χ1) is 14.9. The number of carbonyl (C=O) groups is 1. The van der Waals surface area contributed by atoms with E-state index in [0.717, 1.165) is 38.3 Å². The summed E-state index contributed by atoms with van der Waals surface area (Å²) in [4.78, 5) is 21.8. The van der Waals surface area contributed by atoms with Crippen molar-refractivity contribution in [3.63, 3.8) is 0 Å². The highest BCUT2D eigenvalue weighted by molar-refractivity contribution is 6.01. The molecule has 1 aromatic heterocycles. The van der Waals surface area contributed by atoms with Crippen LogP contribution in [0.5, 0.6) is 0 Å². The van der Waals surface area contributed by atoms with Crippen molar-refractivity contribution in [2.45, 2.75) is 20.8 Å². The van der Waals surface area contributed by atoms with E-state index in [1.807, 2.05) is 12.1 Å². The standard InChI is InChI=1S/C23H27FN6O/c1-4-28-11-13-29(14-12-28)21-10-7-19(15-16(21)2)26-23(31)22-25-17(3)30(27-22)20-8-5-18(24)6-9-20/h5-10,15H,4,11-14H2,1-3H3,(H,26,31). The van der Waals surface area contributed by atoms with Crippen LogP contribution in [0.4, 0.5) is 15.8 Å². The van der Waals surface area contributed by atoms with Gasteiger partial charge in [0.05, 0.1) is 5.69 Å². The van der Waals surface area contributed by atoms with E-state index in [1.165, 1.54) is 22.5 Å². The molecule has 0 aliphatic carbocycles. The molecule has 0 radical (unpaired) electrons. The lowest BCUT2D eigenvalue weighted by Gasteiger charge is -2.36. The molecule has 1 saturated heterocycles. The fourth-order valence-electron chi connectivity index (χ4n) is 3.89. The minimum Gasteiger partial charge on any atom is -0.369 e. The van der Waals surface area contributed by atoms with E-state index in [4.69, 9.17) is 0 Å². The molecule has 2 aromatic carbocycles. The second-order valence-electron chi connectivity index (χ2n) is 7.75. The average Bonchev–Trinajstić information content (AvgIpc) is 3.16. The van der Waals surface area contributed by atoms with Gasteiger partial charge in [-0.3, -0.25) is 4.79 Å². The monoisotopic (exact) mass is 422 g/mol. The van der Waals surface area contributed by atoms with Gasteiger partial charge in [0, 0.05) is 37.6 Å². The van der Waals surface area contributed by atoms with Crippen molar-refractivity contribution in [1.29, 1.82) is 0 Å². The highest BCUT2D eigenvalue weighted by Gasteiger charge is 2.19. The number of halogens is 1. The molecule has 0 saturated carbocycles. The Labute approximate surface area is 181 Å². The van der Waals surface area contributed by atoms with Crippen molar-refractivity contribution in [3.8, 4) is 5.69 Å². The van der Waals surface area contributed by atoms with Gasteiger partial charge in [0.15, 0.2) is 0 Å². The van der Waals surface area contributed by atoms with Crippen molar-refractivity contribution in [1.82, 2.24) is 19.7 Å². The second kappa shape index (κ2) is 8.85. The quantitative estimate of drug-likeness (QED) is 0.683. The summed E-state index contributed by atoms with van der Waals surface area (Å²) in [7, 11) is 0. The molecule has 1 aliphatic rings. The zero-order valence-corrected chi connectivity index (χ0v) is 18.1. The van der Waals surface area contributed by atoms with Crippen LogP contribution < -0.4 is 10.2 Å². The second-order valence-corrected chi connectivity index (χ2v) is 7.75. The maximum atomic E-state index is 13.2. The van der Waals surface area contributed by atoms with Crippen LogP contribution in [-0.2, 0) is 0 Å². The lowest BCUT2D eigenvalue weighted by molar-refractivity contribution is 0.101. The Morgan fingerprint density at radius 2 is 1.77 bits per heavy atom. The molecule has 162 valence electrons. The van der Waals surface area contributed by atoms with Gasteiger partial charge in [0.1, 0.15) is 11.6 Å². The third-order valence-corrected chi connectivity index (χ3v) is 5.66. The zero-order valence-electron chi connectivity index (χ0n) is 18.1. The molecule has 0 spiro atoms. The lowest BCUT2D eigenvalue weighted by atomic mass is 10.1. The molecule has 1 amide bonds. The van der Waals surface area contributed by atoms with Gasteiger partial charge in [0.2, 0.25) is 5.82 Å². The van der Waals surface area contributed by atoms with E-state index < -0.39 is 0 Å². The number of hydrogen-bond donors (Lipinski definition) is 1. The summed E-state index contributed by atoms with van der Waals surface area (Å²) in [6, 6.07) is 11.8. The first-order valence-electron chi connectivity index (χ1n) is 10.5. The smallest absolute Gasteiger partial charge is 0.295 e. The molecule has 7 nitrogen and oxygen atoms in total. The summed E-state index contributed by atoms with van der Waals surface area (Å²) >= 11 is 0. The summed E-state index contributed by atoms with van der Waals surface area (Å²) in [5.74, 6) is -0.0908. The first-order valence-corrected chi connectivity index (χ1v) is 10.5. The maximum absolute atomic E-state index is 13.2. The van der Waals surface area contributed by atoms with Crippen LogP contribution in [0.2, 0.25) is 0 Å². The molecule has 1 fully saturated rings. The molecule has 0 bridgehead atoms. The lowest BCUT2D eigenvalue weighted by Crippen LogP contribution is -2.46. The number of nitrogens with zero attached hydrogens (tertiary/aromatic N) is 5. The van der Waals surface area contributed by atoms with Gasteiger partial charge in [-0.2, -0.15) is 0 Å². The molecule has 4 rings (SSSR count). The van der Waals surface area contributed by atoms with Crippen molar-refractivity contribution in [2.75, 3.05) is 42.9 Å². The third kappa shape index (κ3) is 4.59. The molecular formula is C23H27FN6O. The number of aryl methyl sites for hydroxylation is 2. The van der Waals surface area contributed by atoms with Crippen LogP contribution in [-0.4, -0.2) is 58.3 Å². The number of hydrogen-bond acceptors (Lipinski definition) is 5. The largest absolute Gasteiger partial charge is 0.369 e. The number of carbonyl (C=O) groups excluding carboxylic acids is 1. The molecule has 1 N–H and O–H groups in total. The van der Waals surface area contributed by atoms with E-state index >= 15 is 0 Å². The van der Waals surface area contributed by atoms with Crippen molar-refractivity contribution >= 4 is 17.3 Å². The van der Waals surface area contributed by atoms with E-state index in [1.54, 1.807) is 19.1 Å². The predicted molar refractivity (Wildman–Crippen MR) is 120 cm³/mol. The molecule has 31 heavy (non-hydrogen) atoms. The fourth-order valence-corrected chi connectivity index (χ4v) is 3.89. The highest BCUT2D eigenvalue weighted by Crippen LogP contribution is 2.25. The molecule has 8 heteroatoms. The number of amides is 1. The Hall–Kier alpha value is -3.26. The molecule has 0 atom stereocenters. The minimum atomic E-state index is -0.382. The Morgan fingerprint density at radius 3 is 2.42 bits per heavy atom. The van der Waals surface area contributed by atoms with Crippen LogP contribution in [0.25, 0.3) is 5.69 Å². The van der Waals surface area contributed by atoms with Gasteiger partial charge in [-0.1, -0.05) is 6.92 Å². The normalized spacial score (nSPS) is 14.6. The van der Waals surface area contributed by atoms with Gasteiger partial charge in [-0.15, -0.1) is 5.10 Å². The van der Waals surface area contributed by atoms with Crippen LogP contribution in [0.3, 0.4) is 0 Å². The van der Waals surface area contributed by atoms with Crippen LogP contribution in [0.15, 0.2) is 42.5 Å². The van der Waals surface area contributed by atoms with E-state index in [0.29, 0.717) is 17.2 Å². The number of likely N-dealkylation sites (N-methyl/N-ethyl adjacent to an activating group) is 1. The Morgan fingerprint density at radius 1 is 1.06 bits per heavy atom. The summed E-state index contributed by atoms with van der Waals surface area (Å²) in [6.07, 6.45) is 0. The highest BCUT2D eigenvalue weighted by atomic mass is 19.1. The number of nitrogens with one attached hydrogen (secondary N) is 1. The van der Waals surface area contributed by atoms with Crippen molar-refractivity contribution in [3.05, 3.63) is 65.5 Å². The van der Waals surface area contributed by atoms with Gasteiger partial charge in [0.25, 0.3) is 5.91 Å². The summed E-state index contributed by atoms with van der Waals surface area (Å²) in [5, 5.41) is 7.18. The maximum Gasteiger partial charge on any atom is 0.295 e. The third-order valence-electron chi connectivity index (χ3n) is 5.66. The predicted octanol–water partition coefficient (Wildman–Crippen LogP) is 3.42. The molecule has 0 unspecified atom stereocenters. The number of anilines is 2. The SMILES string of the molecule is CCN1CCN(c2ccc(NC(=O)c3nc(C)n(-c4ccc(F)cc4)n3)cc2C)CC1. The zero-order chi connectivity index (χ0) is 22.0. The summed E-state index contributed by atoms with van der Waals surface area (Å²) in [5.41, 5.74) is 3.66. The van der Waals surface area contributed by atoms with Gasteiger partial charge >= 0.3 is 0 Å². The Bertz CT molecular complexity index is 1070. The summed E-state index contributed by atoms with van der Waals surface area (Å²) in [6.45, 7) is 11.2. The van der Waals surface area contributed by atoms with Crippen LogP contribution in [0.1, 0.15) is 28.9 Å². The van der Waals surface area contributed by atoms with Crippen LogP contribution >= 0.6 is 0 Å². The minimum absolute atomic E-state index is 0.0687. The van der Waals surface area contributed by atoms with E-state index in [2.05, 4.69) is 45.1 Å². The molecule has 1 aliphatic heterocycles. The fraction of sp³-hybridized carbons (Fsp3) is 0.348. The van der Waals surface area contributed by atoms with Gasteiger partial charge in [-0.25, -0.2) is 14.1 Å². The van der Waals surface area contributed by atoms with Crippen molar-refractivity contribution < 1.29 is 9.18 Å². The number of piperazine rings is 1. The average molecular weight is 423 g/mol. The van der Waals surface area contributed by atoms with E-state index in [-0.39, 0.29) is 17.5 Å². The number of aromatic nitrogens is 3. The van der Waals surface area contributed by atoms with Crippen LogP contribution in [0, 0.1) is 19.7 Å². The van der Waals surface area contributed by atoms with Crippen molar-refractivity contribution in [2.24, 2.45) is 0 Å². The Kier molecular flexibility index (Phi) is 5.99. The molecule has 3 aromatic rings. The number of rotatable bonds is 5. The summed E-state index contributed by atoms with van der Waals surface area (Å²) < 4.78 is 14.7. The Balaban J connectivity index is 1.46. The first kappa shape index (κ1) is 21.0. The van der Waals surface area contributed by atoms with E-state index in [9.17, 15) is 9.18 Å².